The van der Waals surface area contributed by atoms with Crippen LogP contribution in [0.1, 0.15) is 20.8 Å². The molecule has 1 unspecified atom stereocenters. The van der Waals surface area contributed by atoms with E-state index < -0.39 is 36.2 Å². The van der Waals surface area contributed by atoms with Crippen LogP contribution in [-0.2, 0) is 9.53 Å². The molecule has 1 aliphatic heterocycles. The van der Waals surface area contributed by atoms with Crippen LogP contribution >= 0.6 is 0 Å². The summed E-state index contributed by atoms with van der Waals surface area (Å²) in [5.74, 6) is -2.98. The third-order valence-electron chi connectivity index (χ3n) is 3.11. The molecule has 0 aromatic rings. The number of cyclic esters (lactones) is 1. The maximum Gasteiger partial charge on any atom is 0.416 e. The molecule has 1 rings (SSSR count). The maximum atomic E-state index is 12.4. The highest BCUT2D eigenvalue weighted by molar-refractivity contribution is 5.95. The van der Waals surface area contributed by atoms with Crippen molar-refractivity contribution in [2.24, 2.45) is 11.8 Å². The zero-order valence-electron chi connectivity index (χ0n) is 10.8. The number of aliphatic hydroxyl groups excluding tert-OH is 1. The van der Waals surface area contributed by atoms with E-state index in [0.717, 1.165) is 6.92 Å². The summed E-state index contributed by atoms with van der Waals surface area (Å²) in [5, 5.41) is 9.07. The van der Waals surface area contributed by atoms with Crippen LogP contribution in [0.2, 0.25) is 0 Å². The molecule has 0 aliphatic carbocycles. The highest BCUT2D eigenvalue weighted by Gasteiger charge is 2.49. The topological polar surface area (TPSA) is 66.8 Å². The number of hydrogen-bond acceptors (Lipinski definition) is 4. The van der Waals surface area contributed by atoms with Gasteiger partial charge in [-0.25, -0.2) is 9.69 Å². The molecule has 0 aromatic carbocycles. The highest BCUT2D eigenvalue weighted by atomic mass is 19.4. The first-order chi connectivity index (χ1) is 8.57. The Labute approximate surface area is 108 Å². The number of rotatable bonds is 3. The lowest BCUT2D eigenvalue weighted by atomic mass is 9.99. The summed E-state index contributed by atoms with van der Waals surface area (Å²) in [6.07, 6.45) is -8.68. The minimum atomic E-state index is -4.91. The third kappa shape index (κ3) is 3.17. The number of imide groups is 1. The molecular weight excluding hydrogens is 267 g/mol. The van der Waals surface area contributed by atoms with E-state index in [2.05, 4.69) is 4.74 Å². The predicted octanol–water partition coefficient (Wildman–Crippen LogP) is 1.55. The van der Waals surface area contributed by atoms with E-state index in [0.29, 0.717) is 4.90 Å². The zero-order valence-corrected chi connectivity index (χ0v) is 10.8. The van der Waals surface area contributed by atoms with Gasteiger partial charge in [0.25, 0.3) is 0 Å². The number of aliphatic hydroxyl groups is 1. The second-order valence-corrected chi connectivity index (χ2v) is 4.87. The average Bonchev–Trinajstić information content (AvgIpc) is 2.67. The summed E-state index contributed by atoms with van der Waals surface area (Å²) in [6, 6.07) is -0.608. The zero-order chi connectivity index (χ0) is 15.0. The van der Waals surface area contributed by atoms with Gasteiger partial charge in [0.15, 0.2) is 6.10 Å². The standard InChI is InChI=1S/C11H16F3NO4/c1-5(2)7-4-19-10(18)15(7)9(17)6(3)8(16)11(12,13)14/h5-8,16H,4H2,1-3H3/t6-,7-,8?/m1/s1. The van der Waals surface area contributed by atoms with Gasteiger partial charge in [-0.3, -0.25) is 4.79 Å². The molecule has 3 atom stereocenters. The largest absolute Gasteiger partial charge is 0.447 e. The van der Waals surface area contributed by atoms with Crippen LogP contribution < -0.4 is 0 Å². The molecular formula is C11H16F3NO4. The van der Waals surface area contributed by atoms with Gasteiger partial charge in [-0.2, -0.15) is 13.2 Å². The number of carbonyl (C=O) groups is 2. The third-order valence-corrected chi connectivity index (χ3v) is 3.11. The molecule has 0 saturated carbocycles. The van der Waals surface area contributed by atoms with E-state index in [1.165, 1.54) is 0 Å². The van der Waals surface area contributed by atoms with Gasteiger partial charge in [-0.05, 0) is 5.92 Å². The second-order valence-electron chi connectivity index (χ2n) is 4.87. The minimum Gasteiger partial charge on any atom is -0.447 e. The summed E-state index contributed by atoms with van der Waals surface area (Å²) < 4.78 is 41.8. The Balaban J connectivity index is 2.89. The molecule has 1 heterocycles. The first-order valence-electron chi connectivity index (χ1n) is 5.82. The number of alkyl halides is 3. The predicted molar refractivity (Wildman–Crippen MR) is 58.0 cm³/mol. The molecule has 8 heteroatoms. The lowest BCUT2D eigenvalue weighted by molar-refractivity contribution is -0.219. The van der Waals surface area contributed by atoms with Gasteiger partial charge in [0.1, 0.15) is 6.61 Å². The SMILES string of the molecule is CC(C)[C@H]1COC(=O)N1C(=O)[C@H](C)C(O)C(F)(F)F. The summed E-state index contributed by atoms with van der Waals surface area (Å²) in [5.41, 5.74) is 0. The van der Waals surface area contributed by atoms with Crippen molar-refractivity contribution in [1.29, 1.82) is 0 Å². The number of carbonyl (C=O) groups excluding carboxylic acids is 2. The molecule has 0 spiro atoms. The van der Waals surface area contributed by atoms with Gasteiger partial charge in [0, 0.05) is 0 Å². The number of amides is 2. The van der Waals surface area contributed by atoms with Gasteiger partial charge in [-0.15, -0.1) is 0 Å². The fourth-order valence-corrected chi connectivity index (χ4v) is 1.82. The normalized spacial score (nSPS) is 23.5. The fourth-order valence-electron chi connectivity index (χ4n) is 1.82. The van der Waals surface area contributed by atoms with Gasteiger partial charge in [-0.1, -0.05) is 20.8 Å². The quantitative estimate of drug-likeness (QED) is 0.853. The number of halogens is 3. The molecule has 5 nitrogen and oxygen atoms in total. The van der Waals surface area contributed by atoms with Crippen molar-refractivity contribution in [1.82, 2.24) is 4.90 Å². The average molecular weight is 283 g/mol. The highest BCUT2D eigenvalue weighted by Crippen LogP contribution is 2.29. The van der Waals surface area contributed by atoms with Crippen molar-refractivity contribution in [3.05, 3.63) is 0 Å². The Morgan fingerprint density at radius 2 is 1.95 bits per heavy atom. The molecule has 19 heavy (non-hydrogen) atoms. The number of hydrogen-bond donors (Lipinski definition) is 1. The van der Waals surface area contributed by atoms with E-state index >= 15 is 0 Å². The summed E-state index contributed by atoms with van der Waals surface area (Å²) in [6.45, 7) is 4.33. The summed E-state index contributed by atoms with van der Waals surface area (Å²) in [7, 11) is 0. The summed E-state index contributed by atoms with van der Waals surface area (Å²) >= 11 is 0. The van der Waals surface area contributed by atoms with Crippen molar-refractivity contribution in [3.63, 3.8) is 0 Å². The van der Waals surface area contributed by atoms with Gasteiger partial charge in [0.2, 0.25) is 5.91 Å². The Hall–Kier alpha value is -1.31. The van der Waals surface area contributed by atoms with Gasteiger partial charge < -0.3 is 9.84 Å². The van der Waals surface area contributed by atoms with Crippen molar-refractivity contribution < 1.29 is 32.6 Å². The number of ether oxygens (including phenoxy) is 1. The van der Waals surface area contributed by atoms with Crippen LogP contribution in [-0.4, -0.2) is 46.9 Å². The maximum absolute atomic E-state index is 12.4. The molecule has 1 fully saturated rings. The first-order valence-corrected chi connectivity index (χ1v) is 5.82. The lowest BCUT2D eigenvalue weighted by Crippen LogP contribution is -2.49. The van der Waals surface area contributed by atoms with Crippen LogP contribution in [0.3, 0.4) is 0 Å². The van der Waals surface area contributed by atoms with E-state index in [-0.39, 0.29) is 12.5 Å². The van der Waals surface area contributed by atoms with E-state index in [1.807, 2.05) is 0 Å². The first kappa shape index (κ1) is 15.7. The smallest absolute Gasteiger partial charge is 0.416 e. The Bertz CT molecular complexity index is 369. The molecule has 0 radical (unpaired) electrons. The van der Waals surface area contributed by atoms with Crippen LogP contribution in [0.5, 0.6) is 0 Å². The van der Waals surface area contributed by atoms with E-state index in [1.54, 1.807) is 13.8 Å². The van der Waals surface area contributed by atoms with Crippen LogP contribution in [0, 0.1) is 11.8 Å². The van der Waals surface area contributed by atoms with Gasteiger partial charge >= 0.3 is 12.3 Å². The van der Waals surface area contributed by atoms with E-state index in [9.17, 15) is 22.8 Å². The fraction of sp³-hybridized carbons (Fsp3) is 0.818. The van der Waals surface area contributed by atoms with Crippen LogP contribution in [0.4, 0.5) is 18.0 Å². The van der Waals surface area contributed by atoms with Crippen molar-refractivity contribution in [2.45, 2.75) is 39.1 Å². The van der Waals surface area contributed by atoms with Crippen molar-refractivity contribution in [2.75, 3.05) is 6.61 Å². The second kappa shape index (κ2) is 5.36. The van der Waals surface area contributed by atoms with Crippen molar-refractivity contribution in [3.8, 4) is 0 Å². The van der Waals surface area contributed by atoms with Crippen molar-refractivity contribution >= 4 is 12.0 Å². The van der Waals surface area contributed by atoms with Crippen LogP contribution in [0.15, 0.2) is 0 Å². The Kier molecular flexibility index (Phi) is 4.44. The Morgan fingerprint density at radius 3 is 2.37 bits per heavy atom. The summed E-state index contributed by atoms with van der Waals surface area (Å²) in [4.78, 5) is 24.0. The molecule has 0 bridgehead atoms. The lowest BCUT2D eigenvalue weighted by Gasteiger charge is -2.27. The monoisotopic (exact) mass is 283 g/mol. The number of nitrogens with zero attached hydrogens (tertiary/aromatic N) is 1. The van der Waals surface area contributed by atoms with Gasteiger partial charge in [0.05, 0.1) is 12.0 Å². The molecule has 2 amide bonds. The molecule has 1 saturated heterocycles. The van der Waals surface area contributed by atoms with E-state index in [4.69, 9.17) is 5.11 Å². The molecule has 0 aromatic heterocycles. The minimum absolute atomic E-state index is 0.0446. The van der Waals surface area contributed by atoms with Crippen LogP contribution in [0.25, 0.3) is 0 Å². The molecule has 110 valence electrons. The molecule has 1 aliphatic rings. The Morgan fingerprint density at radius 1 is 1.42 bits per heavy atom. The molecule has 1 N–H and O–H groups in total.